The fraction of sp³-hybridized carbons (Fsp3) is 0.250. The number of phenols is 2. The van der Waals surface area contributed by atoms with Crippen LogP contribution in [-0.4, -0.2) is 10.2 Å². The van der Waals surface area contributed by atoms with Gasteiger partial charge >= 0.3 is 0 Å². The third-order valence-corrected chi connectivity index (χ3v) is 1.73. The first-order valence-corrected chi connectivity index (χ1v) is 3.63. The summed E-state index contributed by atoms with van der Waals surface area (Å²) in [6.45, 7) is 1.79. The van der Waals surface area contributed by atoms with Gasteiger partial charge in [0.25, 0.3) is 0 Å². The van der Waals surface area contributed by atoms with Gasteiger partial charge in [0.05, 0.1) is 0 Å². The first-order valence-electron chi connectivity index (χ1n) is 3.63. The zero-order chi connectivity index (χ0) is 9.14. The van der Waals surface area contributed by atoms with Crippen LogP contribution in [0.3, 0.4) is 0 Å². The molecule has 4 heteroatoms. The van der Waals surface area contributed by atoms with Crippen molar-refractivity contribution in [3.8, 4) is 11.5 Å². The lowest BCUT2D eigenvalue weighted by Gasteiger charge is -2.11. The average Bonchev–Trinajstić information content (AvgIpc) is 2.08. The number of nitrogens with one attached hydrogen (secondary N) is 1. The highest BCUT2D eigenvalue weighted by Gasteiger charge is 2.08. The number of hydrogen-bond acceptors (Lipinski definition) is 4. The summed E-state index contributed by atoms with van der Waals surface area (Å²) < 4.78 is 0. The van der Waals surface area contributed by atoms with Crippen molar-refractivity contribution >= 4 is 0 Å². The Kier molecular flexibility index (Phi) is 2.52. The van der Waals surface area contributed by atoms with E-state index in [1.807, 2.05) is 0 Å². The first-order chi connectivity index (χ1) is 5.65. The van der Waals surface area contributed by atoms with Crippen LogP contribution < -0.4 is 11.3 Å². The summed E-state index contributed by atoms with van der Waals surface area (Å²) in [6, 6.07) is 4.14. The van der Waals surface area contributed by atoms with E-state index >= 15 is 0 Å². The number of benzene rings is 1. The molecule has 0 heterocycles. The Morgan fingerprint density at radius 3 is 2.67 bits per heavy atom. The Hall–Kier alpha value is -1.26. The number of rotatable bonds is 2. The van der Waals surface area contributed by atoms with Crippen LogP contribution in [0.25, 0.3) is 0 Å². The molecule has 0 unspecified atom stereocenters. The highest BCUT2D eigenvalue weighted by Crippen LogP contribution is 2.26. The molecule has 0 saturated heterocycles. The minimum absolute atomic E-state index is 0.116. The van der Waals surface area contributed by atoms with Crippen molar-refractivity contribution in [1.82, 2.24) is 5.43 Å². The van der Waals surface area contributed by atoms with Crippen LogP contribution in [0.15, 0.2) is 18.2 Å². The number of aromatic hydroxyl groups is 2. The molecule has 12 heavy (non-hydrogen) atoms. The number of hydrogen-bond donors (Lipinski definition) is 4. The van der Waals surface area contributed by atoms with Crippen molar-refractivity contribution in [1.29, 1.82) is 0 Å². The van der Waals surface area contributed by atoms with Crippen molar-refractivity contribution in [3.63, 3.8) is 0 Å². The Morgan fingerprint density at radius 2 is 2.08 bits per heavy atom. The molecular formula is C8H12N2O2. The fourth-order valence-corrected chi connectivity index (χ4v) is 0.979. The lowest BCUT2D eigenvalue weighted by atomic mass is 10.1. The van der Waals surface area contributed by atoms with Crippen LogP contribution >= 0.6 is 0 Å². The highest BCUT2D eigenvalue weighted by molar-refractivity contribution is 5.40. The van der Waals surface area contributed by atoms with E-state index in [0.717, 1.165) is 0 Å². The monoisotopic (exact) mass is 168 g/mol. The maximum absolute atomic E-state index is 9.33. The first kappa shape index (κ1) is 8.83. The molecule has 0 aliphatic heterocycles. The molecule has 0 aromatic heterocycles. The Morgan fingerprint density at radius 1 is 1.42 bits per heavy atom. The molecule has 1 rings (SSSR count). The Balaban J connectivity index is 3.04. The van der Waals surface area contributed by atoms with Gasteiger partial charge in [0.2, 0.25) is 0 Å². The normalized spacial score (nSPS) is 12.8. The topological polar surface area (TPSA) is 78.5 Å². The second kappa shape index (κ2) is 3.42. The molecule has 0 amide bonds. The van der Waals surface area contributed by atoms with Gasteiger partial charge in [0, 0.05) is 11.6 Å². The smallest absolute Gasteiger partial charge is 0.120 e. The minimum Gasteiger partial charge on any atom is -0.508 e. The van der Waals surface area contributed by atoms with Crippen LogP contribution in [0, 0.1) is 0 Å². The minimum atomic E-state index is -0.183. The van der Waals surface area contributed by atoms with Crippen molar-refractivity contribution in [2.45, 2.75) is 13.0 Å². The average molecular weight is 168 g/mol. The molecule has 0 saturated carbocycles. The highest BCUT2D eigenvalue weighted by atomic mass is 16.3. The van der Waals surface area contributed by atoms with E-state index in [4.69, 9.17) is 10.9 Å². The molecule has 0 aliphatic carbocycles. The standard InChI is InChI=1S/C8H12N2O2/c1-5(10-9)7-4-6(11)2-3-8(7)12/h2-5,10-12H,9H2,1H3/t5-/m0/s1. The van der Waals surface area contributed by atoms with E-state index in [-0.39, 0.29) is 17.5 Å². The molecule has 0 radical (unpaired) electrons. The maximum Gasteiger partial charge on any atom is 0.120 e. The van der Waals surface area contributed by atoms with E-state index in [2.05, 4.69) is 5.43 Å². The van der Waals surface area contributed by atoms with Gasteiger partial charge in [-0.1, -0.05) is 0 Å². The van der Waals surface area contributed by atoms with Gasteiger partial charge in [-0.15, -0.1) is 0 Å². The van der Waals surface area contributed by atoms with Crippen LogP contribution in [0.4, 0.5) is 0 Å². The van der Waals surface area contributed by atoms with Gasteiger partial charge in [0.15, 0.2) is 0 Å². The predicted molar refractivity (Wildman–Crippen MR) is 45.5 cm³/mol. The zero-order valence-electron chi connectivity index (χ0n) is 6.78. The van der Waals surface area contributed by atoms with Crippen molar-refractivity contribution in [2.24, 2.45) is 5.84 Å². The molecule has 66 valence electrons. The van der Waals surface area contributed by atoms with Gasteiger partial charge in [0.1, 0.15) is 11.5 Å². The maximum atomic E-state index is 9.33. The third-order valence-electron chi connectivity index (χ3n) is 1.73. The van der Waals surface area contributed by atoms with Gasteiger partial charge in [-0.05, 0) is 25.1 Å². The molecule has 0 spiro atoms. The second-order valence-electron chi connectivity index (χ2n) is 2.63. The molecular weight excluding hydrogens is 156 g/mol. The van der Waals surface area contributed by atoms with E-state index in [0.29, 0.717) is 5.56 Å². The van der Waals surface area contributed by atoms with Gasteiger partial charge in [-0.2, -0.15) is 0 Å². The van der Waals surface area contributed by atoms with E-state index in [9.17, 15) is 5.11 Å². The summed E-state index contributed by atoms with van der Waals surface area (Å²) in [5.41, 5.74) is 3.06. The van der Waals surface area contributed by atoms with E-state index < -0.39 is 0 Å². The molecule has 0 bridgehead atoms. The van der Waals surface area contributed by atoms with Crippen LogP contribution in [-0.2, 0) is 0 Å². The van der Waals surface area contributed by atoms with Gasteiger partial charge < -0.3 is 10.2 Å². The summed E-state index contributed by atoms with van der Waals surface area (Å²) in [5.74, 6) is 5.42. The largest absolute Gasteiger partial charge is 0.508 e. The predicted octanol–water partition coefficient (Wildman–Crippen LogP) is 0.622. The fourth-order valence-electron chi connectivity index (χ4n) is 0.979. The number of nitrogens with two attached hydrogens (primary N) is 1. The lowest BCUT2D eigenvalue weighted by molar-refractivity contribution is 0.442. The quantitative estimate of drug-likeness (QED) is 0.296. The Labute approximate surface area is 70.6 Å². The SMILES string of the molecule is C[C@H](NN)c1cc(O)ccc1O. The lowest BCUT2D eigenvalue weighted by Crippen LogP contribution is -2.25. The van der Waals surface area contributed by atoms with Crippen LogP contribution in [0.1, 0.15) is 18.5 Å². The number of phenolic OH excluding ortho intramolecular Hbond substituents is 2. The van der Waals surface area contributed by atoms with Crippen LogP contribution in [0.5, 0.6) is 11.5 Å². The summed E-state index contributed by atoms with van der Waals surface area (Å²) in [7, 11) is 0. The van der Waals surface area contributed by atoms with E-state index in [1.165, 1.54) is 18.2 Å². The molecule has 0 fully saturated rings. The molecule has 1 atom stereocenters. The molecule has 5 N–H and O–H groups in total. The molecule has 1 aromatic rings. The van der Waals surface area contributed by atoms with Gasteiger partial charge in [-0.25, -0.2) is 0 Å². The summed E-state index contributed by atoms with van der Waals surface area (Å²) in [5, 5.41) is 18.4. The summed E-state index contributed by atoms with van der Waals surface area (Å²) >= 11 is 0. The molecule has 4 nitrogen and oxygen atoms in total. The number of hydrazine groups is 1. The third kappa shape index (κ3) is 1.66. The van der Waals surface area contributed by atoms with Crippen molar-refractivity contribution in [2.75, 3.05) is 0 Å². The summed E-state index contributed by atoms with van der Waals surface area (Å²) in [6.07, 6.45) is 0. The molecule has 0 aliphatic rings. The molecule has 1 aromatic carbocycles. The van der Waals surface area contributed by atoms with Gasteiger partial charge in [-0.3, -0.25) is 11.3 Å². The Bertz CT molecular complexity index is 276. The summed E-state index contributed by atoms with van der Waals surface area (Å²) in [4.78, 5) is 0. The van der Waals surface area contributed by atoms with E-state index in [1.54, 1.807) is 6.92 Å². The van der Waals surface area contributed by atoms with Crippen molar-refractivity contribution < 1.29 is 10.2 Å². The zero-order valence-corrected chi connectivity index (χ0v) is 6.78. The van der Waals surface area contributed by atoms with Crippen LogP contribution in [0.2, 0.25) is 0 Å². The second-order valence-corrected chi connectivity index (χ2v) is 2.63. The van der Waals surface area contributed by atoms with Crippen molar-refractivity contribution in [3.05, 3.63) is 23.8 Å².